The summed E-state index contributed by atoms with van der Waals surface area (Å²) < 4.78 is 24.2. The Bertz CT molecular complexity index is 592. The fraction of sp³-hybridized carbons (Fsp3) is 0.714. The summed E-state index contributed by atoms with van der Waals surface area (Å²) in [6.07, 6.45) is 2.11. The molecule has 8 heteroatoms. The molecule has 1 aromatic heterocycles. The minimum Gasteiger partial charge on any atom is -0.357 e. The summed E-state index contributed by atoms with van der Waals surface area (Å²) in [5.74, 6) is 0.753. The SMILES string of the molecule is CCNC(=NCCCn1nc(C)cc1C)NCCS(C)(=O)=O. The smallest absolute Gasteiger partial charge is 0.191 e. The Morgan fingerprint density at radius 2 is 2.09 bits per heavy atom. The van der Waals surface area contributed by atoms with Gasteiger partial charge in [-0.05, 0) is 33.3 Å². The second kappa shape index (κ2) is 8.77. The van der Waals surface area contributed by atoms with Crippen molar-refractivity contribution >= 4 is 15.8 Å². The number of aryl methyl sites for hydroxylation is 3. The van der Waals surface area contributed by atoms with Crippen molar-refractivity contribution in [2.75, 3.05) is 31.6 Å². The fourth-order valence-corrected chi connectivity index (χ4v) is 2.48. The Hall–Kier alpha value is -1.57. The maximum atomic E-state index is 11.1. The molecule has 0 bridgehead atoms. The van der Waals surface area contributed by atoms with Gasteiger partial charge in [0, 0.05) is 38.1 Å². The highest BCUT2D eigenvalue weighted by molar-refractivity contribution is 7.90. The van der Waals surface area contributed by atoms with Crippen LogP contribution in [-0.4, -0.2) is 55.8 Å². The molecule has 1 rings (SSSR count). The minimum atomic E-state index is -2.96. The molecule has 1 aromatic rings. The maximum Gasteiger partial charge on any atom is 0.191 e. The molecule has 0 aromatic carbocycles. The number of guanidine groups is 1. The second-order valence-electron chi connectivity index (χ2n) is 5.32. The van der Waals surface area contributed by atoms with Crippen LogP contribution in [0.1, 0.15) is 24.7 Å². The van der Waals surface area contributed by atoms with E-state index >= 15 is 0 Å². The van der Waals surface area contributed by atoms with E-state index < -0.39 is 9.84 Å². The second-order valence-corrected chi connectivity index (χ2v) is 7.58. The third-order valence-corrected chi connectivity index (χ3v) is 3.96. The van der Waals surface area contributed by atoms with Crippen LogP contribution in [0.25, 0.3) is 0 Å². The van der Waals surface area contributed by atoms with Gasteiger partial charge in [-0.1, -0.05) is 0 Å². The molecule has 0 aliphatic carbocycles. The lowest BCUT2D eigenvalue weighted by atomic mass is 10.4. The first-order valence-electron chi connectivity index (χ1n) is 7.53. The zero-order valence-electron chi connectivity index (χ0n) is 13.9. The van der Waals surface area contributed by atoms with Gasteiger partial charge in [-0.15, -0.1) is 0 Å². The lowest BCUT2D eigenvalue weighted by Gasteiger charge is -2.10. The van der Waals surface area contributed by atoms with Crippen LogP contribution in [0, 0.1) is 13.8 Å². The van der Waals surface area contributed by atoms with Crippen LogP contribution < -0.4 is 10.6 Å². The van der Waals surface area contributed by atoms with E-state index in [9.17, 15) is 8.42 Å². The van der Waals surface area contributed by atoms with Crippen LogP contribution in [0.4, 0.5) is 0 Å². The summed E-state index contributed by atoms with van der Waals surface area (Å²) in [6, 6.07) is 2.06. The van der Waals surface area contributed by atoms with Crippen molar-refractivity contribution in [1.29, 1.82) is 0 Å². The number of hydrogen-bond acceptors (Lipinski definition) is 4. The standard InChI is InChI=1S/C14H27N5O2S/c1-5-15-14(17-8-10-22(4,20)21)16-7-6-9-19-13(3)11-12(2)18-19/h11H,5-10H2,1-4H3,(H2,15,16,17). The molecule has 0 radical (unpaired) electrons. The van der Waals surface area contributed by atoms with E-state index in [1.54, 1.807) is 0 Å². The molecule has 0 aliphatic heterocycles. The normalized spacial score (nSPS) is 12.5. The molecule has 0 saturated carbocycles. The largest absolute Gasteiger partial charge is 0.357 e. The van der Waals surface area contributed by atoms with Crippen molar-refractivity contribution in [2.45, 2.75) is 33.7 Å². The molecule has 0 aliphatic rings. The first-order chi connectivity index (χ1) is 10.3. The van der Waals surface area contributed by atoms with E-state index in [-0.39, 0.29) is 5.75 Å². The Morgan fingerprint density at radius 3 is 2.64 bits per heavy atom. The molecule has 0 atom stereocenters. The first-order valence-corrected chi connectivity index (χ1v) is 9.59. The maximum absolute atomic E-state index is 11.1. The van der Waals surface area contributed by atoms with Gasteiger partial charge in [0.15, 0.2) is 5.96 Å². The van der Waals surface area contributed by atoms with Crippen LogP contribution in [0.15, 0.2) is 11.1 Å². The van der Waals surface area contributed by atoms with Crippen molar-refractivity contribution in [3.05, 3.63) is 17.5 Å². The molecule has 7 nitrogen and oxygen atoms in total. The summed E-state index contributed by atoms with van der Waals surface area (Å²) in [6.45, 7) is 8.59. The number of rotatable bonds is 8. The molecule has 0 unspecified atom stereocenters. The third kappa shape index (κ3) is 7.44. The predicted octanol–water partition coefficient (Wildman–Crippen LogP) is 0.490. The molecule has 2 N–H and O–H groups in total. The number of aliphatic imine (C=N–C) groups is 1. The summed E-state index contributed by atoms with van der Waals surface area (Å²) in [7, 11) is -2.96. The van der Waals surface area contributed by atoms with E-state index in [4.69, 9.17) is 0 Å². The zero-order chi connectivity index (χ0) is 16.6. The minimum absolute atomic E-state index is 0.100. The lowest BCUT2D eigenvalue weighted by Crippen LogP contribution is -2.39. The van der Waals surface area contributed by atoms with Crippen LogP contribution >= 0.6 is 0 Å². The highest BCUT2D eigenvalue weighted by atomic mass is 32.2. The highest BCUT2D eigenvalue weighted by Crippen LogP contribution is 2.02. The molecule has 22 heavy (non-hydrogen) atoms. The van der Waals surface area contributed by atoms with Gasteiger partial charge in [0.25, 0.3) is 0 Å². The van der Waals surface area contributed by atoms with Gasteiger partial charge in [-0.3, -0.25) is 9.67 Å². The van der Waals surface area contributed by atoms with Crippen molar-refractivity contribution in [3.8, 4) is 0 Å². The zero-order valence-corrected chi connectivity index (χ0v) is 14.7. The quantitative estimate of drug-likeness (QED) is 0.412. The van der Waals surface area contributed by atoms with E-state index in [0.717, 1.165) is 30.9 Å². The molecule has 0 amide bonds. The molecular weight excluding hydrogens is 302 g/mol. The summed E-state index contributed by atoms with van der Waals surface area (Å²) in [5, 5.41) is 10.5. The van der Waals surface area contributed by atoms with E-state index in [1.807, 2.05) is 25.5 Å². The van der Waals surface area contributed by atoms with Crippen molar-refractivity contribution in [2.24, 2.45) is 4.99 Å². The van der Waals surface area contributed by atoms with Crippen LogP contribution in [-0.2, 0) is 16.4 Å². The predicted molar refractivity (Wildman–Crippen MR) is 90.0 cm³/mol. The summed E-state index contributed by atoms with van der Waals surface area (Å²) in [4.78, 5) is 4.44. The van der Waals surface area contributed by atoms with Gasteiger partial charge in [0.2, 0.25) is 0 Å². The monoisotopic (exact) mass is 329 g/mol. The number of nitrogens with zero attached hydrogens (tertiary/aromatic N) is 3. The van der Waals surface area contributed by atoms with Crippen molar-refractivity contribution < 1.29 is 8.42 Å². The van der Waals surface area contributed by atoms with E-state index in [2.05, 4.69) is 26.8 Å². The topological polar surface area (TPSA) is 88.4 Å². The number of hydrogen-bond donors (Lipinski definition) is 2. The Morgan fingerprint density at radius 1 is 1.36 bits per heavy atom. The Labute approximate surface area is 133 Å². The Kier molecular flexibility index (Phi) is 7.37. The average molecular weight is 329 g/mol. The van der Waals surface area contributed by atoms with Gasteiger partial charge in [-0.25, -0.2) is 8.42 Å². The van der Waals surface area contributed by atoms with Gasteiger partial charge in [0.05, 0.1) is 11.4 Å². The molecule has 1 heterocycles. The average Bonchev–Trinajstić information content (AvgIpc) is 2.71. The van der Waals surface area contributed by atoms with Gasteiger partial charge in [-0.2, -0.15) is 5.10 Å². The molecular formula is C14H27N5O2S. The number of sulfone groups is 1. The van der Waals surface area contributed by atoms with Gasteiger partial charge >= 0.3 is 0 Å². The lowest BCUT2D eigenvalue weighted by molar-refractivity contribution is 0.567. The van der Waals surface area contributed by atoms with Gasteiger partial charge < -0.3 is 10.6 Å². The third-order valence-electron chi connectivity index (χ3n) is 3.01. The number of nitrogens with one attached hydrogen (secondary N) is 2. The molecule has 0 saturated heterocycles. The first kappa shape index (κ1) is 18.5. The van der Waals surface area contributed by atoms with Crippen molar-refractivity contribution in [3.63, 3.8) is 0 Å². The summed E-state index contributed by atoms with van der Waals surface area (Å²) >= 11 is 0. The Balaban J connectivity index is 2.40. The molecule has 0 fully saturated rings. The summed E-state index contributed by atoms with van der Waals surface area (Å²) in [5.41, 5.74) is 2.18. The van der Waals surface area contributed by atoms with Crippen LogP contribution in [0.3, 0.4) is 0 Å². The molecule has 0 spiro atoms. The van der Waals surface area contributed by atoms with E-state index in [0.29, 0.717) is 19.0 Å². The number of aromatic nitrogens is 2. The molecule has 126 valence electrons. The highest BCUT2D eigenvalue weighted by Gasteiger charge is 2.03. The van der Waals surface area contributed by atoms with Crippen LogP contribution in [0.2, 0.25) is 0 Å². The fourth-order valence-electron chi connectivity index (χ4n) is 2.01. The van der Waals surface area contributed by atoms with Crippen LogP contribution in [0.5, 0.6) is 0 Å². The van der Waals surface area contributed by atoms with Crippen molar-refractivity contribution in [1.82, 2.24) is 20.4 Å². The van der Waals surface area contributed by atoms with Gasteiger partial charge in [0.1, 0.15) is 9.84 Å². The van der Waals surface area contributed by atoms with E-state index in [1.165, 1.54) is 6.26 Å².